The van der Waals surface area contributed by atoms with Crippen molar-refractivity contribution in [2.45, 2.75) is 45.1 Å². The molecule has 0 radical (unpaired) electrons. The van der Waals surface area contributed by atoms with E-state index >= 15 is 0 Å². The number of nitrogens with zero attached hydrogens (tertiary/aromatic N) is 5. The minimum absolute atomic E-state index is 0.272. The van der Waals surface area contributed by atoms with Crippen molar-refractivity contribution < 1.29 is 9.90 Å². The first-order valence-corrected chi connectivity index (χ1v) is 7.69. The van der Waals surface area contributed by atoms with E-state index in [0.29, 0.717) is 6.54 Å². The standard InChI is InChI=1S/C18H19N5O2/c1-17(2,9-19)13-5-12(6-14(7-13)18(3,4)10-20)8-23-11-21-15(22-23)16(24)25/h5-7,11H,8H2,1-4H3,(H,24,25). The smallest absolute Gasteiger partial charge is 0.375 e. The van der Waals surface area contributed by atoms with Crippen LogP contribution in [0.1, 0.15) is 55.0 Å². The first kappa shape index (κ1) is 18.2. The molecule has 0 atom stereocenters. The lowest BCUT2D eigenvalue weighted by atomic mass is 9.79. The van der Waals surface area contributed by atoms with Gasteiger partial charge in [0.25, 0.3) is 5.82 Å². The van der Waals surface area contributed by atoms with Crippen LogP contribution in [0.4, 0.5) is 0 Å². The summed E-state index contributed by atoms with van der Waals surface area (Å²) in [6, 6.07) is 10.2. The number of rotatable bonds is 5. The minimum atomic E-state index is -1.19. The molecule has 0 spiro atoms. The summed E-state index contributed by atoms with van der Waals surface area (Å²) in [5, 5.41) is 31.7. The van der Waals surface area contributed by atoms with Gasteiger partial charge in [-0.15, -0.1) is 5.10 Å². The van der Waals surface area contributed by atoms with E-state index in [1.165, 1.54) is 11.0 Å². The zero-order valence-electron chi connectivity index (χ0n) is 14.6. The molecular formula is C18H19N5O2. The Kier molecular flexibility index (Phi) is 4.62. The Balaban J connectivity index is 2.51. The highest BCUT2D eigenvalue weighted by molar-refractivity contribution is 5.82. The Hall–Kier alpha value is -3.19. The predicted molar refractivity (Wildman–Crippen MR) is 89.8 cm³/mol. The SMILES string of the molecule is CC(C)(C#N)c1cc(Cn2cnc(C(=O)O)n2)cc(C(C)(C)C#N)c1. The minimum Gasteiger partial charge on any atom is -0.475 e. The third-order valence-electron chi connectivity index (χ3n) is 4.07. The van der Waals surface area contributed by atoms with Gasteiger partial charge in [-0.1, -0.05) is 18.2 Å². The normalized spacial score (nSPS) is 11.6. The number of benzene rings is 1. The third-order valence-corrected chi connectivity index (χ3v) is 4.07. The van der Waals surface area contributed by atoms with E-state index in [4.69, 9.17) is 5.11 Å². The fourth-order valence-corrected chi connectivity index (χ4v) is 2.29. The van der Waals surface area contributed by atoms with Gasteiger partial charge in [0.15, 0.2) is 0 Å². The quantitative estimate of drug-likeness (QED) is 0.896. The third kappa shape index (κ3) is 3.84. The summed E-state index contributed by atoms with van der Waals surface area (Å²) in [7, 11) is 0. The van der Waals surface area contributed by atoms with Crippen molar-refractivity contribution in [3.63, 3.8) is 0 Å². The number of carbonyl (C=O) groups is 1. The van der Waals surface area contributed by atoms with Crippen LogP contribution in [0.25, 0.3) is 0 Å². The van der Waals surface area contributed by atoms with Gasteiger partial charge in [-0.25, -0.2) is 14.5 Å². The van der Waals surface area contributed by atoms with Gasteiger partial charge in [-0.3, -0.25) is 0 Å². The second kappa shape index (κ2) is 6.37. The highest BCUT2D eigenvalue weighted by Gasteiger charge is 2.26. The van der Waals surface area contributed by atoms with Crippen molar-refractivity contribution in [2.75, 3.05) is 0 Å². The van der Waals surface area contributed by atoms with Crippen LogP contribution in [0.2, 0.25) is 0 Å². The van der Waals surface area contributed by atoms with Crippen LogP contribution in [0.3, 0.4) is 0 Å². The monoisotopic (exact) mass is 337 g/mol. The van der Waals surface area contributed by atoms with Crippen molar-refractivity contribution >= 4 is 5.97 Å². The molecule has 0 bridgehead atoms. The number of aromatic carboxylic acids is 1. The molecular weight excluding hydrogens is 318 g/mol. The van der Waals surface area contributed by atoms with Gasteiger partial charge in [0.2, 0.25) is 0 Å². The van der Waals surface area contributed by atoms with Crippen molar-refractivity contribution in [3.8, 4) is 12.1 Å². The largest absolute Gasteiger partial charge is 0.475 e. The van der Waals surface area contributed by atoms with Crippen molar-refractivity contribution in [1.82, 2.24) is 14.8 Å². The number of aromatic nitrogens is 3. The first-order chi connectivity index (χ1) is 11.6. The summed E-state index contributed by atoms with van der Waals surface area (Å²) in [6.07, 6.45) is 1.35. The molecule has 25 heavy (non-hydrogen) atoms. The van der Waals surface area contributed by atoms with Crippen molar-refractivity contribution in [3.05, 3.63) is 47.0 Å². The Morgan fingerprint density at radius 3 is 2.04 bits per heavy atom. The van der Waals surface area contributed by atoms with Crippen LogP contribution in [-0.4, -0.2) is 25.8 Å². The summed E-state index contributed by atoms with van der Waals surface area (Å²) < 4.78 is 1.42. The van der Waals surface area contributed by atoms with E-state index in [2.05, 4.69) is 22.2 Å². The molecule has 0 aliphatic rings. The highest BCUT2D eigenvalue weighted by Crippen LogP contribution is 2.30. The Bertz CT molecular complexity index is 853. The Morgan fingerprint density at radius 1 is 1.12 bits per heavy atom. The molecule has 0 unspecified atom stereocenters. The second-order valence-electron chi connectivity index (χ2n) is 6.96. The number of hydrogen-bond acceptors (Lipinski definition) is 5. The fraction of sp³-hybridized carbons (Fsp3) is 0.389. The van der Waals surface area contributed by atoms with Crippen LogP contribution >= 0.6 is 0 Å². The molecule has 7 heteroatoms. The van der Waals surface area contributed by atoms with Gasteiger partial charge >= 0.3 is 5.97 Å². The molecule has 2 aromatic rings. The molecule has 128 valence electrons. The van der Waals surface area contributed by atoms with Crippen LogP contribution < -0.4 is 0 Å². The number of hydrogen-bond donors (Lipinski definition) is 1. The van der Waals surface area contributed by atoms with E-state index in [1.54, 1.807) is 0 Å². The highest BCUT2D eigenvalue weighted by atomic mass is 16.4. The molecule has 1 aromatic heterocycles. The molecule has 2 rings (SSSR count). The van der Waals surface area contributed by atoms with E-state index in [9.17, 15) is 15.3 Å². The molecule has 0 aliphatic carbocycles. The summed E-state index contributed by atoms with van der Waals surface area (Å²) in [5.41, 5.74) is 0.977. The van der Waals surface area contributed by atoms with Gasteiger partial charge < -0.3 is 5.11 Å². The van der Waals surface area contributed by atoms with Gasteiger partial charge in [-0.05, 0) is 44.4 Å². The lowest BCUT2D eigenvalue weighted by molar-refractivity contribution is 0.0683. The average Bonchev–Trinajstić information content (AvgIpc) is 3.03. The van der Waals surface area contributed by atoms with Gasteiger partial charge in [0, 0.05) is 0 Å². The number of nitriles is 2. The number of carboxylic acids is 1. The van der Waals surface area contributed by atoms with Gasteiger partial charge in [0.1, 0.15) is 6.33 Å². The topological polar surface area (TPSA) is 116 Å². The lowest BCUT2D eigenvalue weighted by Gasteiger charge is -2.23. The van der Waals surface area contributed by atoms with Gasteiger partial charge in [-0.2, -0.15) is 10.5 Å². The second-order valence-corrected chi connectivity index (χ2v) is 6.96. The summed E-state index contributed by atoms with van der Waals surface area (Å²) in [5.74, 6) is -1.46. The molecule has 7 nitrogen and oxygen atoms in total. The van der Waals surface area contributed by atoms with Crippen LogP contribution in [0, 0.1) is 22.7 Å². The maximum Gasteiger partial charge on any atom is 0.375 e. The predicted octanol–water partition coefficient (Wildman–Crippen LogP) is 2.63. The molecule has 0 saturated heterocycles. The average molecular weight is 337 g/mol. The van der Waals surface area contributed by atoms with Crippen molar-refractivity contribution in [2.24, 2.45) is 0 Å². The van der Waals surface area contributed by atoms with E-state index in [1.807, 2.05) is 45.9 Å². The maximum atomic E-state index is 10.9. The van der Waals surface area contributed by atoms with Crippen LogP contribution in [0.5, 0.6) is 0 Å². The first-order valence-electron chi connectivity index (χ1n) is 7.69. The molecule has 1 N–H and O–H groups in total. The zero-order chi connectivity index (χ0) is 18.8. The lowest BCUT2D eigenvalue weighted by Crippen LogP contribution is -2.20. The Labute approximate surface area is 146 Å². The fourth-order valence-electron chi connectivity index (χ4n) is 2.29. The molecule has 0 saturated carbocycles. The molecule has 1 aromatic carbocycles. The number of carboxylic acid groups (broad SMARTS) is 1. The van der Waals surface area contributed by atoms with Crippen LogP contribution in [-0.2, 0) is 17.4 Å². The van der Waals surface area contributed by atoms with Crippen molar-refractivity contribution in [1.29, 1.82) is 10.5 Å². The molecule has 0 amide bonds. The summed E-state index contributed by atoms with van der Waals surface area (Å²) in [4.78, 5) is 14.6. The van der Waals surface area contributed by atoms with E-state index < -0.39 is 16.8 Å². The Morgan fingerprint density at radius 2 is 1.64 bits per heavy atom. The zero-order valence-corrected chi connectivity index (χ0v) is 14.6. The van der Waals surface area contributed by atoms with Crippen LogP contribution in [0.15, 0.2) is 24.5 Å². The molecule has 0 fully saturated rings. The van der Waals surface area contributed by atoms with Gasteiger partial charge in [0.05, 0.1) is 29.5 Å². The maximum absolute atomic E-state index is 10.9. The van der Waals surface area contributed by atoms with E-state index in [-0.39, 0.29) is 5.82 Å². The van der Waals surface area contributed by atoms with E-state index in [0.717, 1.165) is 16.7 Å². The summed E-state index contributed by atoms with van der Waals surface area (Å²) >= 11 is 0. The molecule has 0 aliphatic heterocycles. The molecule has 1 heterocycles. The summed E-state index contributed by atoms with van der Waals surface area (Å²) in [6.45, 7) is 7.55.